The molecule has 6 heteroatoms. The van der Waals surface area contributed by atoms with Gasteiger partial charge in [0.15, 0.2) is 0 Å². The molecule has 0 aliphatic carbocycles. The van der Waals surface area contributed by atoms with Crippen molar-refractivity contribution in [1.29, 1.82) is 0 Å². The fourth-order valence-electron chi connectivity index (χ4n) is 2.98. The van der Waals surface area contributed by atoms with Crippen molar-refractivity contribution in [1.82, 2.24) is 20.1 Å². The first-order valence-corrected chi connectivity index (χ1v) is 7.56. The minimum atomic E-state index is -0.167. The molecule has 3 heterocycles. The van der Waals surface area contributed by atoms with Crippen molar-refractivity contribution in [3.05, 3.63) is 60.2 Å². The number of hydrogen-bond acceptors (Lipinski definition) is 4. The van der Waals surface area contributed by atoms with Crippen LogP contribution in [0.15, 0.2) is 48.8 Å². The van der Waals surface area contributed by atoms with Gasteiger partial charge in [-0.2, -0.15) is 5.10 Å². The number of aromatic nitrogens is 3. The maximum absolute atomic E-state index is 13.1. The molecule has 3 aromatic rings. The standard InChI is InChI=1S/C17H16N4O2/c22-17(16-13-4-2-1-3-12(13)5-7-18-16)21-9-10-23-11-15(21)14-6-8-19-20-14/h1-8,15H,9-11H2,(H,19,20)/t15-/m0/s1. The van der Waals surface area contributed by atoms with Crippen LogP contribution in [0, 0.1) is 0 Å². The number of H-pyrrole nitrogens is 1. The lowest BCUT2D eigenvalue weighted by atomic mass is 10.1. The highest BCUT2D eigenvalue weighted by atomic mass is 16.5. The Morgan fingerprint density at radius 1 is 1.22 bits per heavy atom. The van der Waals surface area contributed by atoms with E-state index in [1.165, 1.54) is 0 Å². The second-order valence-electron chi connectivity index (χ2n) is 5.48. The number of morpholine rings is 1. The summed E-state index contributed by atoms with van der Waals surface area (Å²) in [6, 6.07) is 11.4. The predicted molar refractivity (Wildman–Crippen MR) is 84.9 cm³/mol. The van der Waals surface area contributed by atoms with Crippen molar-refractivity contribution < 1.29 is 9.53 Å². The van der Waals surface area contributed by atoms with Crippen LogP contribution in [-0.2, 0) is 4.74 Å². The van der Waals surface area contributed by atoms with Crippen LogP contribution in [0.25, 0.3) is 10.8 Å². The Bertz CT molecular complexity index is 826. The monoisotopic (exact) mass is 308 g/mol. The molecule has 1 aliphatic heterocycles. The highest BCUT2D eigenvalue weighted by Gasteiger charge is 2.31. The molecule has 1 aliphatic rings. The summed E-state index contributed by atoms with van der Waals surface area (Å²) in [5.41, 5.74) is 1.35. The van der Waals surface area contributed by atoms with E-state index < -0.39 is 0 Å². The molecule has 2 aromatic heterocycles. The Morgan fingerprint density at radius 2 is 2.13 bits per heavy atom. The van der Waals surface area contributed by atoms with E-state index in [-0.39, 0.29) is 11.9 Å². The number of carbonyl (C=O) groups excluding carboxylic acids is 1. The summed E-state index contributed by atoms with van der Waals surface area (Å²) in [4.78, 5) is 19.2. The topological polar surface area (TPSA) is 71.1 Å². The van der Waals surface area contributed by atoms with Crippen LogP contribution < -0.4 is 0 Å². The molecular weight excluding hydrogens is 292 g/mol. The molecular formula is C17H16N4O2. The molecule has 0 saturated carbocycles. The van der Waals surface area contributed by atoms with Crippen LogP contribution in [-0.4, -0.2) is 45.7 Å². The molecule has 116 valence electrons. The van der Waals surface area contributed by atoms with Crippen molar-refractivity contribution in [2.75, 3.05) is 19.8 Å². The molecule has 1 fully saturated rings. The summed E-state index contributed by atoms with van der Waals surface area (Å²) in [6.45, 7) is 1.52. The third-order valence-corrected chi connectivity index (χ3v) is 4.15. The van der Waals surface area contributed by atoms with E-state index in [4.69, 9.17) is 4.74 Å². The zero-order valence-electron chi connectivity index (χ0n) is 12.5. The predicted octanol–water partition coefficient (Wildman–Crippen LogP) is 2.17. The zero-order chi connectivity index (χ0) is 15.6. The van der Waals surface area contributed by atoms with Crippen molar-refractivity contribution in [2.24, 2.45) is 0 Å². The number of pyridine rings is 1. The fourth-order valence-corrected chi connectivity index (χ4v) is 2.98. The third-order valence-electron chi connectivity index (χ3n) is 4.15. The number of amides is 1. The van der Waals surface area contributed by atoms with Gasteiger partial charge in [0.25, 0.3) is 5.91 Å². The maximum atomic E-state index is 13.1. The average Bonchev–Trinajstić information content (AvgIpc) is 3.15. The van der Waals surface area contributed by atoms with Crippen LogP contribution in [0.3, 0.4) is 0 Å². The highest BCUT2D eigenvalue weighted by molar-refractivity contribution is 6.05. The summed E-state index contributed by atoms with van der Waals surface area (Å²) >= 11 is 0. The fraction of sp³-hybridized carbons (Fsp3) is 0.235. The van der Waals surface area contributed by atoms with Gasteiger partial charge in [-0.1, -0.05) is 24.3 Å². The normalized spacial score (nSPS) is 18.3. The second-order valence-corrected chi connectivity index (χ2v) is 5.48. The molecule has 23 heavy (non-hydrogen) atoms. The van der Waals surface area contributed by atoms with E-state index in [2.05, 4.69) is 15.2 Å². The first-order chi connectivity index (χ1) is 11.3. The molecule has 1 amide bonds. The highest BCUT2D eigenvalue weighted by Crippen LogP contribution is 2.26. The lowest BCUT2D eigenvalue weighted by molar-refractivity contribution is -0.00410. The molecule has 1 aromatic carbocycles. The van der Waals surface area contributed by atoms with Gasteiger partial charge in [-0.25, -0.2) is 0 Å². The minimum Gasteiger partial charge on any atom is -0.377 e. The van der Waals surface area contributed by atoms with Crippen molar-refractivity contribution >= 4 is 16.7 Å². The molecule has 0 radical (unpaired) electrons. The smallest absolute Gasteiger partial charge is 0.273 e. The first-order valence-electron chi connectivity index (χ1n) is 7.56. The molecule has 0 bridgehead atoms. The first kappa shape index (κ1) is 13.9. The van der Waals surface area contributed by atoms with E-state index in [1.54, 1.807) is 12.4 Å². The Balaban J connectivity index is 1.74. The van der Waals surface area contributed by atoms with Crippen molar-refractivity contribution in [2.45, 2.75) is 6.04 Å². The molecule has 0 unspecified atom stereocenters. The summed E-state index contributed by atoms with van der Waals surface area (Å²) in [7, 11) is 0. The quantitative estimate of drug-likeness (QED) is 0.787. The summed E-state index contributed by atoms with van der Waals surface area (Å²) < 4.78 is 5.55. The molecule has 1 saturated heterocycles. The molecule has 0 spiro atoms. The Morgan fingerprint density at radius 3 is 3.00 bits per heavy atom. The Hall–Kier alpha value is -2.73. The van der Waals surface area contributed by atoms with Crippen LogP contribution in [0.2, 0.25) is 0 Å². The van der Waals surface area contributed by atoms with E-state index >= 15 is 0 Å². The molecule has 4 rings (SSSR count). The maximum Gasteiger partial charge on any atom is 0.273 e. The number of nitrogens with zero attached hydrogens (tertiary/aromatic N) is 3. The van der Waals surface area contributed by atoms with Gasteiger partial charge in [-0.3, -0.25) is 14.9 Å². The number of nitrogens with one attached hydrogen (secondary N) is 1. The van der Waals surface area contributed by atoms with Gasteiger partial charge in [0.05, 0.1) is 24.9 Å². The molecule has 1 atom stereocenters. The number of carbonyl (C=O) groups is 1. The molecule has 1 N–H and O–H groups in total. The minimum absolute atomic E-state index is 0.0790. The lowest BCUT2D eigenvalue weighted by Crippen LogP contribution is -2.43. The van der Waals surface area contributed by atoms with Gasteiger partial charge in [-0.15, -0.1) is 0 Å². The molecule has 6 nitrogen and oxygen atoms in total. The third kappa shape index (κ3) is 2.47. The number of hydrogen-bond donors (Lipinski definition) is 1. The van der Waals surface area contributed by atoms with Gasteiger partial charge < -0.3 is 9.64 Å². The lowest BCUT2D eigenvalue weighted by Gasteiger charge is -2.34. The number of rotatable bonds is 2. The zero-order valence-corrected chi connectivity index (χ0v) is 12.5. The van der Waals surface area contributed by atoms with E-state index in [0.717, 1.165) is 16.5 Å². The number of fused-ring (bicyclic) bond motifs is 1. The Kier molecular flexibility index (Phi) is 3.51. The van der Waals surface area contributed by atoms with Crippen LogP contribution >= 0.6 is 0 Å². The number of ether oxygens (including phenoxy) is 1. The average molecular weight is 308 g/mol. The van der Waals surface area contributed by atoms with Crippen LogP contribution in [0.5, 0.6) is 0 Å². The van der Waals surface area contributed by atoms with E-state index in [0.29, 0.717) is 25.5 Å². The van der Waals surface area contributed by atoms with Crippen molar-refractivity contribution in [3.63, 3.8) is 0 Å². The van der Waals surface area contributed by atoms with Gasteiger partial charge in [-0.05, 0) is 17.5 Å². The van der Waals surface area contributed by atoms with E-state index in [1.807, 2.05) is 41.3 Å². The van der Waals surface area contributed by atoms with Crippen LogP contribution in [0.4, 0.5) is 0 Å². The number of aromatic amines is 1. The number of benzene rings is 1. The van der Waals surface area contributed by atoms with Gasteiger partial charge in [0.2, 0.25) is 0 Å². The summed E-state index contributed by atoms with van der Waals surface area (Å²) in [6.07, 6.45) is 3.37. The second kappa shape index (κ2) is 5.81. The van der Waals surface area contributed by atoms with Gasteiger partial charge in [0.1, 0.15) is 5.69 Å². The van der Waals surface area contributed by atoms with E-state index in [9.17, 15) is 4.79 Å². The summed E-state index contributed by atoms with van der Waals surface area (Å²) in [5, 5.41) is 8.80. The van der Waals surface area contributed by atoms with Crippen molar-refractivity contribution in [3.8, 4) is 0 Å². The largest absolute Gasteiger partial charge is 0.377 e. The van der Waals surface area contributed by atoms with Gasteiger partial charge in [0, 0.05) is 24.3 Å². The van der Waals surface area contributed by atoms with Crippen LogP contribution in [0.1, 0.15) is 22.2 Å². The van der Waals surface area contributed by atoms with Gasteiger partial charge >= 0.3 is 0 Å². The SMILES string of the molecule is O=C(c1nccc2ccccc12)N1CCOC[C@H]1c1ccn[nH]1. The summed E-state index contributed by atoms with van der Waals surface area (Å²) in [5.74, 6) is -0.0790. The Labute approximate surface area is 133 Å².